The minimum Gasteiger partial charge on any atom is -0.399 e. The van der Waals surface area contributed by atoms with Crippen molar-refractivity contribution in [3.63, 3.8) is 0 Å². The van der Waals surface area contributed by atoms with Crippen LogP contribution in [0.15, 0.2) is 42.5 Å². The molecule has 0 unspecified atom stereocenters. The molecule has 0 aliphatic heterocycles. The number of nitrogens with two attached hydrogens (primary N) is 1. The Labute approximate surface area is 109 Å². The van der Waals surface area contributed by atoms with Crippen LogP contribution in [0.3, 0.4) is 0 Å². The van der Waals surface area contributed by atoms with E-state index in [9.17, 15) is 0 Å². The standard InChI is InChI=1S/C16H20N2/c1-11(2)14-6-4-5-7-16(14)18-15-9-8-13(17)10-12(15)3/h4-11,18H,17H2,1-3H3. The second-order valence-electron chi connectivity index (χ2n) is 4.94. The zero-order chi connectivity index (χ0) is 13.1. The summed E-state index contributed by atoms with van der Waals surface area (Å²) < 4.78 is 0. The summed E-state index contributed by atoms with van der Waals surface area (Å²) >= 11 is 0. The van der Waals surface area contributed by atoms with E-state index in [4.69, 9.17) is 5.73 Å². The van der Waals surface area contributed by atoms with Gasteiger partial charge in [-0.05, 0) is 48.2 Å². The van der Waals surface area contributed by atoms with Crippen LogP contribution in [0.5, 0.6) is 0 Å². The van der Waals surface area contributed by atoms with E-state index in [2.05, 4.69) is 50.4 Å². The van der Waals surface area contributed by atoms with Crippen molar-refractivity contribution in [1.29, 1.82) is 0 Å². The quantitative estimate of drug-likeness (QED) is 0.778. The lowest BCUT2D eigenvalue weighted by Crippen LogP contribution is -1.99. The first kappa shape index (κ1) is 12.5. The Kier molecular flexibility index (Phi) is 3.56. The SMILES string of the molecule is Cc1cc(N)ccc1Nc1ccccc1C(C)C. The van der Waals surface area contributed by atoms with Gasteiger partial charge >= 0.3 is 0 Å². The van der Waals surface area contributed by atoms with Crippen molar-refractivity contribution < 1.29 is 0 Å². The number of hydrogen-bond donors (Lipinski definition) is 2. The molecule has 0 fully saturated rings. The molecule has 0 atom stereocenters. The van der Waals surface area contributed by atoms with Gasteiger partial charge < -0.3 is 11.1 Å². The van der Waals surface area contributed by atoms with Crippen molar-refractivity contribution >= 4 is 17.1 Å². The lowest BCUT2D eigenvalue weighted by Gasteiger charge is -2.16. The maximum Gasteiger partial charge on any atom is 0.0419 e. The smallest absolute Gasteiger partial charge is 0.0419 e. The molecule has 0 saturated heterocycles. The van der Waals surface area contributed by atoms with Crippen LogP contribution in [-0.2, 0) is 0 Å². The lowest BCUT2D eigenvalue weighted by molar-refractivity contribution is 0.869. The molecule has 0 amide bonds. The van der Waals surface area contributed by atoms with Crippen LogP contribution in [-0.4, -0.2) is 0 Å². The molecule has 0 bridgehead atoms. The zero-order valence-corrected chi connectivity index (χ0v) is 11.2. The maximum absolute atomic E-state index is 5.77. The van der Waals surface area contributed by atoms with E-state index in [0.29, 0.717) is 5.92 Å². The van der Waals surface area contributed by atoms with E-state index in [-0.39, 0.29) is 0 Å². The van der Waals surface area contributed by atoms with Crippen molar-refractivity contribution in [2.45, 2.75) is 26.7 Å². The molecular weight excluding hydrogens is 220 g/mol. The molecule has 2 aromatic rings. The van der Waals surface area contributed by atoms with Crippen molar-refractivity contribution in [2.24, 2.45) is 0 Å². The molecule has 2 nitrogen and oxygen atoms in total. The molecule has 0 aliphatic rings. The number of hydrogen-bond acceptors (Lipinski definition) is 2. The molecule has 0 aromatic heterocycles. The number of nitrogens with one attached hydrogen (secondary N) is 1. The molecule has 3 N–H and O–H groups in total. The molecule has 0 aliphatic carbocycles. The van der Waals surface area contributed by atoms with Crippen molar-refractivity contribution in [3.8, 4) is 0 Å². The average molecular weight is 240 g/mol. The number of para-hydroxylation sites is 1. The van der Waals surface area contributed by atoms with Crippen LogP contribution in [0, 0.1) is 6.92 Å². The summed E-state index contributed by atoms with van der Waals surface area (Å²) in [7, 11) is 0. The molecule has 2 heteroatoms. The van der Waals surface area contributed by atoms with E-state index >= 15 is 0 Å². The van der Waals surface area contributed by atoms with Crippen LogP contribution in [0.2, 0.25) is 0 Å². The average Bonchev–Trinajstić information content (AvgIpc) is 2.33. The number of benzene rings is 2. The van der Waals surface area contributed by atoms with Crippen LogP contribution < -0.4 is 11.1 Å². The summed E-state index contributed by atoms with van der Waals surface area (Å²) in [6.07, 6.45) is 0. The number of anilines is 3. The third-order valence-corrected chi connectivity index (χ3v) is 3.10. The van der Waals surface area contributed by atoms with Crippen molar-refractivity contribution in [1.82, 2.24) is 0 Å². The molecule has 0 spiro atoms. The first-order chi connectivity index (χ1) is 8.58. The number of rotatable bonds is 3. The van der Waals surface area contributed by atoms with Gasteiger partial charge in [-0.15, -0.1) is 0 Å². The fourth-order valence-electron chi connectivity index (χ4n) is 2.09. The summed E-state index contributed by atoms with van der Waals surface area (Å²) in [6.45, 7) is 6.48. The highest BCUT2D eigenvalue weighted by molar-refractivity contribution is 5.68. The second-order valence-corrected chi connectivity index (χ2v) is 4.94. The summed E-state index contributed by atoms with van der Waals surface area (Å²) in [5.41, 5.74) is 11.3. The van der Waals surface area contributed by atoms with E-state index in [1.54, 1.807) is 0 Å². The minimum atomic E-state index is 0.503. The van der Waals surface area contributed by atoms with E-state index < -0.39 is 0 Å². The first-order valence-corrected chi connectivity index (χ1v) is 6.30. The Morgan fingerprint density at radius 2 is 1.72 bits per heavy atom. The summed E-state index contributed by atoms with van der Waals surface area (Å²) in [5.74, 6) is 0.503. The number of aryl methyl sites for hydroxylation is 1. The molecule has 94 valence electrons. The molecule has 0 saturated carbocycles. The maximum atomic E-state index is 5.77. The molecule has 18 heavy (non-hydrogen) atoms. The molecule has 2 rings (SSSR count). The fraction of sp³-hybridized carbons (Fsp3) is 0.250. The Morgan fingerprint density at radius 3 is 2.39 bits per heavy atom. The van der Waals surface area contributed by atoms with Gasteiger partial charge in [0.05, 0.1) is 0 Å². The van der Waals surface area contributed by atoms with Crippen molar-refractivity contribution in [3.05, 3.63) is 53.6 Å². The summed E-state index contributed by atoms with van der Waals surface area (Å²) in [6, 6.07) is 14.4. The van der Waals surface area contributed by atoms with Gasteiger partial charge in [-0.1, -0.05) is 32.0 Å². The minimum absolute atomic E-state index is 0.503. The predicted octanol–water partition coefficient (Wildman–Crippen LogP) is 4.44. The van der Waals surface area contributed by atoms with Gasteiger partial charge in [-0.3, -0.25) is 0 Å². The molecule has 2 aromatic carbocycles. The van der Waals surface area contributed by atoms with E-state index in [1.165, 1.54) is 11.3 Å². The summed E-state index contributed by atoms with van der Waals surface area (Å²) in [4.78, 5) is 0. The predicted molar refractivity (Wildman–Crippen MR) is 79.4 cm³/mol. The van der Waals surface area contributed by atoms with Crippen LogP contribution in [0.25, 0.3) is 0 Å². The first-order valence-electron chi connectivity index (χ1n) is 6.30. The monoisotopic (exact) mass is 240 g/mol. The van der Waals surface area contributed by atoms with Gasteiger partial charge in [0.15, 0.2) is 0 Å². The lowest BCUT2D eigenvalue weighted by atomic mass is 10.0. The second kappa shape index (κ2) is 5.13. The van der Waals surface area contributed by atoms with Gasteiger partial charge in [0, 0.05) is 17.1 Å². The van der Waals surface area contributed by atoms with Gasteiger partial charge in [-0.25, -0.2) is 0 Å². The van der Waals surface area contributed by atoms with Crippen LogP contribution in [0.1, 0.15) is 30.9 Å². The molecule has 0 radical (unpaired) electrons. The normalized spacial score (nSPS) is 10.7. The molecular formula is C16H20N2. The zero-order valence-electron chi connectivity index (χ0n) is 11.2. The van der Waals surface area contributed by atoms with Gasteiger partial charge in [0.25, 0.3) is 0 Å². The summed E-state index contributed by atoms with van der Waals surface area (Å²) in [5, 5.41) is 3.49. The van der Waals surface area contributed by atoms with Gasteiger partial charge in [0.1, 0.15) is 0 Å². The topological polar surface area (TPSA) is 38.0 Å². The van der Waals surface area contributed by atoms with E-state index in [1.807, 2.05) is 18.2 Å². The highest BCUT2D eigenvalue weighted by atomic mass is 14.9. The van der Waals surface area contributed by atoms with Crippen LogP contribution >= 0.6 is 0 Å². The Morgan fingerprint density at radius 1 is 1.00 bits per heavy atom. The van der Waals surface area contributed by atoms with Gasteiger partial charge in [0.2, 0.25) is 0 Å². The van der Waals surface area contributed by atoms with Crippen LogP contribution in [0.4, 0.5) is 17.1 Å². The number of nitrogen functional groups attached to an aromatic ring is 1. The third kappa shape index (κ3) is 2.65. The van der Waals surface area contributed by atoms with Gasteiger partial charge in [-0.2, -0.15) is 0 Å². The Bertz CT molecular complexity index is 545. The van der Waals surface area contributed by atoms with E-state index in [0.717, 1.165) is 16.9 Å². The fourth-order valence-corrected chi connectivity index (χ4v) is 2.09. The highest BCUT2D eigenvalue weighted by Gasteiger charge is 2.07. The highest BCUT2D eigenvalue weighted by Crippen LogP contribution is 2.28. The Hall–Kier alpha value is -1.96. The molecule has 0 heterocycles. The van der Waals surface area contributed by atoms with Crippen molar-refractivity contribution in [2.75, 3.05) is 11.1 Å². The largest absolute Gasteiger partial charge is 0.399 e. The Balaban J connectivity index is 2.34. The third-order valence-electron chi connectivity index (χ3n) is 3.10.